The van der Waals surface area contributed by atoms with Gasteiger partial charge in [0.15, 0.2) is 5.83 Å². The zero-order valence-electron chi connectivity index (χ0n) is 7.96. The van der Waals surface area contributed by atoms with Crippen LogP contribution in [0.4, 0.5) is 27.6 Å². The number of nitro benzene ring substituents is 1. The van der Waals surface area contributed by atoms with E-state index < -0.39 is 34.0 Å². The van der Waals surface area contributed by atoms with Crippen LogP contribution in [0, 0.1) is 10.1 Å². The summed E-state index contributed by atoms with van der Waals surface area (Å²) >= 11 is 0. The van der Waals surface area contributed by atoms with Crippen LogP contribution in [0.15, 0.2) is 30.1 Å². The SMILES string of the molecule is O=[N+]([O-])c1cccc(/C(F)=C(\F)C(F)(F)F)c1. The molecule has 17 heavy (non-hydrogen) atoms. The molecule has 0 heterocycles. The zero-order valence-corrected chi connectivity index (χ0v) is 7.96. The van der Waals surface area contributed by atoms with Crippen molar-refractivity contribution in [3.8, 4) is 0 Å². The molecule has 0 unspecified atom stereocenters. The number of rotatable bonds is 2. The van der Waals surface area contributed by atoms with Crippen molar-refractivity contribution in [2.75, 3.05) is 0 Å². The van der Waals surface area contributed by atoms with Gasteiger partial charge in [0.2, 0.25) is 5.83 Å². The highest BCUT2D eigenvalue weighted by Gasteiger charge is 2.38. The number of hydrogen-bond acceptors (Lipinski definition) is 2. The predicted molar refractivity (Wildman–Crippen MR) is 48.3 cm³/mol. The monoisotopic (exact) mass is 253 g/mol. The minimum Gasteiger partial charge on any atom is -0.258 e. The lowest BCUT2D eigenvalue weighted by Crippen LogP contribution is -2.09. The molecule has 0 saturated heterocycles. The number of hydrogen-bond donors (Lipinski definition) is 0. The molecule has 0 N–H and O–H groups in total. The van der Waals surface area contributed by atoms with Gasteiger partial charge in [-0.05, 0) is 0 Å². The Kier molecular flexibility index (Phi) is 3.45. The third-order valence-electron chi connectivity index (χ3n) is 1.75. The Bertz CT molecular complexity index is 481. The minimum absolute atomic E-state index is 0.515. The van der Waals surface area contributed by atoms with Gasteiger partial charge in [-0.3, -0.25) is 10.1 Å². The molecule has 0 aliphatic heterocycles. The summed E-state index contributed by atoms with van der Waals surface area (Å²) in [6.07, 6.45) is -5.46. The van der Waals surface area contributed by atoms with E-state index in [9.17, 15) is 32.1 Å². The minimum atomic E-state index is -5.46. The van der Waals surface area contributed by atoms with Gasteiger partial charge in [0.1, 0.15) is 0 Å². The van der Waals surface area contributed by atoms with Crippen LogP contribution in [0.1, 0.15) is 5.56 Å². The summed E-state index contributed by atoms with van der Waals surface area (Å²) in [4.78, 5) is 9.37. The molecule has 0 saturated carbocycles. The van der Waals surface area contributed by atoms with Crippen molar-refractivity contribution in [3.05, 3.63) is 45.8 Å². The molecule has 0 aliphatic rings. The van der Waals surface area contributed by atoms with Crippen molar-refractivity contribution in [1.82, 2.24) is 0 Å². The molecule has 1 aromatic rings. The van der Waals surface area contributed by atoms with E-state index in [-0.39, 0.29) is 0 Å². The van der Waals surface area contributed by atoms with Crippen LogP contribution in [0.2, 0.25) is 0 Å². The normalized spacial score (nSPS) is 13.2. The van der Waals surface area contributed by atoms with Crippen LogP contribution in [-0.2, 0) is 0 Å². The van der Waals surface area contributed by atoms with Gasteiger partial charge in [-0.25, -0.2) is 4.39 Å². The maximum Gasteiger partial charge on any atom is 0.445 e. The number of allylic oxidation sites excluding steroid dienone is 1. The van der Waals surface area contributed by atoms with Crippen LogP contribution in [0.3, 0.4) is 0 Å². The van der Waals surface area contributed by atoms with E-state index in [0.717, 1.165) is 18.2 Å². The first-order valence-corrected chi connectivity index (χ1v) is 4.11. The van der Waals surface area contributed by atoms with E-state index in [1.165, 1.54) is 0 Å². The van der Waals surface area contributed by atoms with Gasteiger partial charge in [0.25, 0.3) is 5.69 Å². The molecular weight excluding hydrogens is 249 g/mol. The molecule has 0 fully saturated rings. The third-order valence-corrected chi connectivity index (χ3v) is 1.75. The summed E-state index contributed by atoms with van der Waals surface area (Å²) in [5.74, 6) is -5.10. The van der Waals surface area contributed by atoms with E-state index in [4.69, 9.17) is 0 Å². The Balaban J connectivity index is 3.26. The summed E-state index contributed by atoms with van der Waals surface area (Å²) in [6, 6.07) is 3.22. The fourth-order valence-corrected chi connectivity index (χ4v) is 1.01. The maximum atomic E-state index is 13.0. The fourth-order valence-electron chi connectivity index (χ4n) is 1.01. The molecule has 0 spiro atoms. The molecule has 8 heteroatoms. The van der Waals surface area contributed by atoms with Crippen LogP contribution in [-0.4, -0.2) is 11.1 Å². The molecular formula is C9H4F5NO2. The standard InChI is InChI=1S/C9H4F5NO2/c10-7(8(11)9(12,13)14)5-2-1-3-6(4-5)15(16)17/h1-4H/b8-7+. The van der Waals surface area contributed by atoms with Crippen molar-refractivity contribution in [3.63, 3.8) is 0 Å². The number of nitrogens with zero attached hydrogens (tertiary/aromatic N) is 1. The highest BCUT2D eigenvalue weighted by atomic mass is 19.4. The second-order valence-corrected chi connectivity index (χ2v) is 2.93. The summed E-state index contributed by atoms with van der Waals surface area (Å²) in [6.45, 7) is 0. The number of benzene rings is 1. The van der Waals surface area contributed by atoms with Crippen molar-refractivity contribution in [1.29, 1.82) is 0 Å². The average molecular weight is 253 g/mol. The van der Waals surface area contributed by atoms with Gasteiger partial charge in [-0.2, -0.15) is 17.6 Å². The topological polar surface area (TPSA) is 43.1 Å². The van der Waals surface area contributed by atoms with Crippen molar-refractivity contribution < 1.29 is 26.9 Å². The first kappa shape index (κ1) is 13.1. The smallest absolute Gasteiger partial charge is 0.258 e. The second kappa shape index (κ2) is 4.48. The Labute approximate surface area is 91.3 Å². The molecule has 0 amide bonds. The zero-order chi connectivity index (χ0) is 13.2. The molecule has 1 aromatic carbocycles. The average Bonchev–Trinajstić information content (AvgIpc) is 2.26. The first-order chi connectivity index (χ1) is 7.73. The van der Waals surface area contributed by atoms with E-state index in [1.54, 1.807) is 0 Å². The fraction of sp³-hybridized carbons (Fsp3) is 0.111. The van der Waals surface area contributed by atoms with Gasteiger partial charge in [-0.1, -0.05) is 12.1 Å². The summed E-state index contributed by atoms with van der Waals surface area (Å²) in [5, 5.41) is 10.3. The van der Waals surface area contributed by atoms with Crippen LogP contribution in [0.5, 0.6) is 0 Å². The van der Waals surface area contributed by atoms with Crippen molar-refractivity contribution >= 4 is 11.5 Å². The number of non-ortho nitro benzene ring substituents is 1. The molecule has 0 atom stereocenters. The summed E-state index contributed by atoms with van der Waals surface area (Å²) in [5.41, 5.74) is -1.47. The lowest BCUT2D eigenvalue weighted by molar-refractivity contribution is -0.384. The van der Waals surface area contributed by atoms with E-state index in [2.05, 4.69) is 0 Å². The van der Waals surface area contributed by atoms with Gasteiger partial charge in [-0.15, -0.1) is 0 Å². The Hall–Kier alpha value is -1.99. The van der Waals surface area contributed by atoms with E-state index >= 15 is 0 Å². The molecule has 92 valence electrons. The molecule has 0 radical (unpaired) electrons. The molecule has 0 aliphatic carbocycles. The number of alkyl halides is 3. The van der Waals surface area contributed by atoms with E-state index in [1.807, 2.05) is 0 Å². The van der Waals surface area contributed by atoms with Gasteiger partial charge in [0.05, 0.1) is 4.92 Å². The van der Waals surface area contributed by atoms with Crippen LogP contribution >= 0.6 is 0 Å². The Morgan fingerprint density at radius 3 is 2.29 bits per heavy atom. The lowest BCUT2D eigenvalue weighted by Gasteiger charge is -2.05. The molecule has 1 rings (SSSR count). The van der Waals surface area contributed by atoms with Gasteiger partial charge < -0.3 is 0 Å². The van der Waals surface area contributed by atoms with Crippen LogP contribution in [0.25, 0.3) is 5.83 Å². The molecule has 3 nitrogen and oxygen atoms in total. The summed E-state index contributed by atoms with van der Waals surface area (Å²) < 4.78 is 61.1. The maximum absolute atomic E-state index is 13.0. The Morgan fingerprint density at radius 2 is 1.82 bits per heavy atom. The predicted octanol–water partition coefficient (Wildman–Crippen LogP) is 3.76. The molecule has 0 aromatic heterocycles. The van der Waals surface area contributed by atoms with Gasteiger partial charge in [0, 0.05) is 17.7 Å². The number of halogens is 5. The molecule has 0 bridgehead atoms. The third kappa shape index (κ3) is 2.99. The Morgan fingerprint density at radius 1 is 1.24 bits per heavy atom. The highest BCUT2D eigenvalue weighted by Crippen LogP contribution is 2.34. The quantitative estimate of drug-likeness (QED) is 0.457. The largest absolute Gasteiger partial charge is 0.445 e. The van der Waals surface area contributed by atoms with E-state index in [0.29, 0.717) is 6.07 Å². The van der Waals surface area contributed by atoms with Crippen LogP contribution < -0.4 is 0 Å². The van der Waals surface area contributed by atoms with Gasteiger partial charge >= 0.3 is 6.18 Å². The highest BCUT2D eigenvalue weighted by molar-refractivity contribution is 5.63. The van der Waals surface area contributed by atoms with Crippen molar-refractivity contribution in [2.24, 2.45) is 0 Å². The first-order valence-electron chi connectivity index (χ1n) is 4.11. The second-order valence-electron chi connectivity index (χ2n) is 2.93. The number of nitro groups is 1. The van der Waals surface area contributed by atoms with Crippen molar-refractivity contribution in [2.45, 2.75) is 6.18 Å². The lowest BCUT2D eigenvalue weighted by atomic mass is 10.1. The summed E-state index contributed by atoms with van der Waals surface area (Å²) in [7, 11) is 0.